The van der Waals surface area contributed by atoms with Gasteiger partial charge < -0.3 is 15.1 Å². The summed E-state index contributed by atoms with van der Waals surface area (Å²) < 4.78 is 0. The molecule has 1 amide bonds. The van der Waals surface area contributed by atoms with E-state index in [9.17, 15) is 14.7 Å². The van der Waals surface area contributed by atoms with Crippen LogP contribution in [0.5, 0.6) is 0 Å². The number of allylic oxidation sites excluding steroid dienone is 1. The molecule has 2 N–H and O–H groups in total. The van der Waals surface area contributed by atoms with Crippen molar-refractivity contribution in [3.05, 3.63) is 48.0 Å². The molecule has 0 bridgehead atoms. The number of likely N-dealkylation sites (tertiary alicyclic amines) is 1. The van der Waals surface area contributed by atoms with E-state index >= 15 is 0 Å². The van der Waals surface area contributed by atoms with Crippen LogP contribution in [-0.2, 0) is 16.0 Å². The minimum atomic E-state index is -0.796. The molecule has 1 aliphatic rings. The lowest BCUT2D eigenvalue weighted by atomic mass is 10.0. The van der Waals surface area contributed by atoms with Gasteiger partial charge in [0.25, 0.3) is 0 Å². The highest BCUT2D eigenvalue weighted by atomic mass is 16.4. The standard InChI is InChI=1S/C20H23NO4/c22-18(14-16-8-4-3-5-9-16)12-11-17-15-19(23)21(17)13-7-2-1-6-10-20(24)25/h2-5,7-9,17-18,22H,1,6,10,13-15H2,(H,24,25)/t17-,18?/m0/s1. The molecule has 5 heteroatoms. The number of nitrogens with zero attached hydrogens (tertiary/aromatic N) is 1. The first-order valence-corrected chi connectivity index (χ1v) is 8.45. The quantitative estimate of drug-likeness (QED) is 0.328. The van der Waals surface area contributed by atoms with Crippen molar-refractivity contribution in [2.45, 2.75) is 44.2 Å². The zero-order chi connectivity index (χ0) is 18.1. The number of rotatable bonds is 8. The van der Waals surface area contributed by atoms with E-state index in [-0.39, 0.29) is 18.4 Å². The van der Waals surface area contributed by atoms with Crippen molar-refractivity contribution in [2.75, 3.05) is 6.54 Å². The van der Waals surface area contributed by atoms with E-state index in [4.69, 9.17) is 5.11 Å². The molecule has 5 nitrogen and oxygen atoms in total. The van der Waals surface area contributed by atoms with Gasteiger partial charge in [0.15, 0.2) is 0 Å². The Morgan fingerprint density at radius 3 is 2.76 bits per heavy atom. The van der Waals surface area contributed by atoms with E-state index in [1.807, 2.05) is 42.5 Å². The molecule has 2 atom stereocenters. The number of carbonyl (C=O) groups excluding carboxylic acids is 1. The summed E-state index contributed by atoms with van der Waals surface area (Å²) in [6.45, 7) is 0.472. The Morgan fingerprint density at radius 1 is 1.32 bits per heavy atom. The Kier molecular flexibility index (Phi) is 7.24. The fourth-order valence-electron chi connectivity index (χ4n) is 2.57. The lowest BCUT2D eigenvalue weighted by Gasteiger charge is -2.36. The lowest BCUT2D eigenvalue weighted by Crippen LogP contribution is -2.51. The van der Waals surface area contributed by atoms with Crippen LogP contribution >= 0.6 is 0 Å². The molecular weight excluding hydrogens is 318 g/mol. The predicted molar refractivity (Wildman–Crippen MR) is 94.7 cm³/mol. The summed E-state index contributed by atoms with van der Waals surface area (Å²) in [7, 11) is 0. The third-order valence-electron chi connectivity index (χ3n) is 3.98. The molecule has 0 aromatic heterocycles. The van der Waals surface area contributed by atoms with Crippen LogP contribution < -0.4 is 0 Å². The average molecular weight is 341 g/mol. The summed E-state index contributed by atoms with van der Waals surface area (Å²) in [4.78, 5) is 23.7. The Labute approximate surface area is 148 Å². The van der Waals surface area contributed by atoms with Gasteiger partial charge in [0.2, 0.25) is 5.91 Å². The molecule has 0 saturated carbocycles. The topological polar surface area (TPSA) is 77.8 Å². The Balaban J connectivity index is 1.75. The highest BCUT2D eigenvalue weighted by Gasteiger charge is 2.33. The van der Waals surface area contributed by atoms with Crippen molar-refractivity contribution in [1.82, 2.24) is 4.90 Å². The van der Waals surface area contributed by atoms with E-state index in [1.165, 1.54) is 0 Å². The van der Waals surface area contributed by atoms with Gasteiger partial charge in [-0.3, -0.25) is 9.59 Å². The van der Waals surface area contributed by atoms with E-state index < -0.39 is 12.1 Å². The SMILES string of the molecule is O=C(O)CCCC=CCN1C(=O)C[C@@H]1C#CC(O)Cc1ccccc1. The van der Waals surface area contributed by atoms with Crippen molar-refractivity contribution in [2.24, 2.45) is 0 Å². The molecule has 25 heavy (non-hydrogen) atoms. The van der Waals surface area contributed by atoms with Gasteiger partial charge in [-0.05, 0) is 18.4 Å². The lowest BCUT2D eigenvalue weighted by molar-refractivity contribution is -0.142. The average Bonchev–Trinajstić information content (AvgIpc) is 2.58. The zero-order valence-corrected chi connectivity index (χ0v) is 14.1. The van der Waals surface area contributed by atoms with E-state index in [0.29, 0.717) is 32.2 Å². The summed E-state index contributed by atoms with van der Waals surface area (Å²) >= 11 is 0. The van der Waals surface area contributed by atoms with Crippen molar-refractivity contribution in [3.63, 3.8) is 0 Å². The predicted octanol–water partition coefficient (Wildman–Crippen LogP) is 2.01. The summed E-state index contributed by atoms with van der Waals surface area (Å²) in [6.07, 6.45) is 5.30. The molecule has 1 heterocycles. The normalized spacial score (nSPS) is 17.7. The number of aliphatic hydroxyl groups is 1. The molecule has 1 saturated heterocycles. The maximum absolute atomic E-state index is 11.7. The zero-order valence-electron chi connectivity index (χ0n) is 14.1. The number of carboxylic acids is 1. The van der Waals surface area contributed by atoms with Crippen molar-refractivity contribution in [1.29, 1.82) is 0 Å². The monoisotopic (exact) mass is 341 g/mol. The number of carboxylic acid groups (broad SMARTS) is 1. The molecular formula is C20H23NO4. The van der Waals surface area contributed by atoms with Crippen molar-refractivity contribution >= 4 is 11.9 Å². The van der Waals surface area contributed by atoms with Crippen LogP contribution in [0.25, 0.3) is 0 Å². The first-order valence-electron chi connectivity index (χ1n) is 8.45. The third kappa shape index (κ3) is 6.44. The van der Waals surface area contributed by atoms with Crippen LogP contribution in [0.15, 0.2) is 42.5 Å². The molecule has 1 aromatic rings. The first kappa shape index (κ1) is 18.8. The number of hydrogen-bond acceptors (Lipinski definition) is 3. The second kappa shape index (κ2) is 9.65. The fourth-order valence-corrected chi connectivity index (χ4v) is 2.57. The van der Waals surface area contributed by atoms with Gasteiger partial charge in [0.1, 0.15) is 12.1 Å². The van der Waals surface area contributed by atoms with Crippen LogP contribution in [0.3, 0.4) is 0 Å². The number of aliphatic hydroxyl groups excluding tert-OH is 1. The molecule has 2 rings (SSSR count). The van der Waals surface area contributed by atoms with Gasteiger partial charge in [0, 0.05) is 19.4 Å². The number of amides is 1. The summed E-state index contributed by atoms with van der Waals surface area (Å²) in [5, 5.41) is 18.6. The van der Waals surface area contributed by atoms with Gasteiger partial charge in [-0.2, -0.15) is 0 Å². The Bertz CT molecular complexity index is 672. The van der Waals surface area contributed by atoms with E-state index in [2.05, 4.69) is 11.8 Å². The molecule has 1 aliphatic heterocycles. The smallest absolute Gasteiger partial charge is 0.303 e. The number of benzene rings is 1. The minimum absolute atomic E-state index is 0.0482. The van der Waals surface area contributed by atoms with E-state index in [1.54, 1.807) is 4.90 Å². The highest BCUT2D eigenvalue weighted by molar-refractivity contribution is 5.84. The van der Waals surface area contributed by atoms with Gasteiger partial charge in [-0.15, -0.1) is 0 Å². The summed E-state index contributed by atoms with van der Waals surface area (Å²) in [5.41, 5.74) is 1.02. The highest BCUT2D eigenvalue weighted by Crippen LogP contribution is 2.18. The molecule has 1 aromatic carbocycles. The Morgan fingerprint density at radius 2 is 2.08 bits per heavy atom. The maximum Gasteiger partial charge on any atom is 0.303 e. The van der Waals surface area contributed by atoms with Gasteiger partial charge in [0.05, 0.1) is 6.42 Å². The number of unbranched alkanes of at least 4 members (excludes halogenated alkanes) is 1. The van der Waals surface area contributed by atoms with Crippen LogP contribution in [0.1, 0.15) is 31.2 Å². The van der Waals surface area contributed by atoms with Crippen LogP contribution in [0.2, 0.25) is 0 Å². The largest absolute Gasteiger partial charge is 0.481 e. The van der Waals surface area contributed by atoms with Gasteiger partial charge in [-0.25, -0.2) is 0 Å². The fraction of sp³-hybridized carbons (Fsp3) is 0.400. The van der Waals surface area contributed by atoms with Crippen molar-refractivity contribution in [3.8, 4) is 11.8 Å². The van der Waals surface area contributed by atoms with Crippen LogP contribution in [0.4, 0.5) is 0 Å². The number of hydrogen-bond donors (Lipinski definition) is 2. The number of aliphatic carboxylic acids is 1. The first-order chi connectivity index (χ1) is 12.1. The van der Waals surface area contributed by atoms with Crippen LogP contribution in [0, 0.1) is 11.8 Å². The van der Waals surface area contributed by atoms with Gasteiger partial charge in [-0.1, -0.05) is 54.3 Å². The second-order valence-electron chi connectivity index (χ2n) is 6.02. The number of carbonyl (C=O) groups is 2. The minimum Gasteiger partial charge on any atom is -0.481 e. The molecule has 0 spiro atoms. The maximum atomic E-state index is 11.7. The second-order valence-corrected chi connectivity index (χ2v) is 6.02. The molecule has 0 radical (unpaired) electrons. The molecule has 1 unspecified atom stereocenters. The summed E-state index contributed by atoms with van der Waals surface area (Å²) in [6, 6.07) is 9.50. The van der Waals surface area contributed by atoms with Crippen LogP contribution in [-0.4, -0.2) is 45.7 Å². The summed E-state index contributed by atoms with van der Waals surface area (Å²) in [5.74, 6) is 5.06. The van der Waals surface area contributed by atoms with Gasteiger partial charge >= 0.3 is 5.97 Å². The van der Waals surface area contributed by atoms with Crippen molar-refractivity contribution < 1.29 is 19.8 Å². The third-order valence-corrected chi connectivity index (χ3v) is 3.98. The number of β-lactam (4-membered cyclic amide) rings is 1. The Hall–Kier alpha value is -2.58. The van der Waals surface area contributed by atoms with E-state index in [0.717, 1.165) is 5.56 Å². The molecule has 0 aliphatic carbocycles. The molecule has 132 valence electrons. The molecule has 1 fully saturated rings.